The topological polar surface area (TPSA) is 63.4 Å². The summed E-state index contributed by atoms with van der Waals surface area (Å²) in [6.45, 7) is 3.09. The number of nitrogens with zero attached hydrogens (tertiary/aromatic N) is 2. The van der Waals surface area contributed by atoms with Crippen LogP contribution in [-0.4, -0.2) is 28.9 Å². The van der Waals surface area contributed by atoms with E-state index in [1.54, 1.807) is 17.3 Å². The molecule has 1 saturated carbocycles. The van der Waals surface area contributed by atoms with Crippen molar-refractivity contribution in [3.63, 3.8) is 0 Å². The summed E-state index contributed by atoms with van der Waals surface area (Å²) in [7, 11) is 0. The van der Waals surface area contributed by atoms with Crippen molar-refractivity contribution >= 4 is 5.91 Å². The van der Waals surface area contributed by atoms with E-state index in [9.17, 15) is 9.59 Å². The van der Waals surface area contributed by atoms with Gasteiger partial charge in [0.15, 0.2) is 0 Å². The molecule has 4 rings (SSSR count). The van der Waals surface area contributed by atoms with Crippen LogP contribution in [0.25, 0.3) is 0 Å². The largest absolute Gasteiger partial charge is 0.427 e. The summed E-state index contributed by atoms with van der Waals surface area (Å²) in [4.78, 5) is 30.7. The number of pyridine rings is 1. The van der Waals surface area contributed by atoms with Gasteiger partial charge in [0, 0.05) is 37.3 Å². The first-order valence-corrected chi connectivity index (χ1v) is 8.47. The fourth-order valence-electron chi connectivity index (χ4n) is 3.43. The van der Waals surface area contributed by atoms with Crippen LogP contribution in [0.5, 0.6) is 0 Å². The zero-order valence-electron chi connectivity index (χ0n) is 13.7. The Morgan fingerprint density at radius 3 is 2.50 bits per heavy atom. The maximum atomic E-state index is 12.7. The average Bonchev–Trinajstić information content (AvgIpc) is 2.44. The molecule has 1 amide bonds. The predicted molar refractivity (Wildman–Crippen MR) is 89.2 cm³/mol. The van der Waals surface area contributed by atoms with Crippen molar-refractivity contribution in [2.75, 3.05) is 13.1 Å². The van der Waals surface area contributed by atoms with Gasteiger partial charge in [0.1, 0.15) is 11.3 Å². The van der Waals surface area contributed by atoms with E-state index in [2.05, 4.69) is 4.98 Å². The lowest BCUT2D eigenvalue weighted by atomic mass is 9.83. The molecule has 1 saturated heterocycles. The van der Waals surface area contributed by atoms with Gasteiger partial charge >= 0.3 is 5.63 Å². The van der Waals surface area contributed by atoms with Gasteiger partial charge < -0.3 is 9.32 Å². The zero-order valence-corrected chi connectivity index (χ0v) is 13.7. The molecule has 0 bridgehead atoms. The lowest BCUT2D eigenvalue weighted by Crippen LogP contribution is -2.49. The van der Waals surface area contributed by atoms with Crippen molar-refractivity contribution in [1.82, 2.24) is 9.88 Å². The molecule has 124 valence electrons. The van der Waals surface area contributed by atoms with Gasteiger partial charge in [-0.15, -0.1) is 0 Å². The first kappa shape index (κ1) is 15.1. The van der Waals surface area contributed by atoms with Crippen molar-refractivity contribution in [1.29, 1.82) is 0 Å². The van der Waals surface area contributed by atoms with Crippen molar-refractivity contribution in [2.45, 2.75) is 38.0 Å². The smallest absolute Gasteiger partial charge is 0.349 e. The number of aromatic nitrogens is 1. The molecule has 3 heterocycles. The van der Waals surface area contributed by atoms with Gasteiger partial charge in [-0.3, -0.25) is 9.78 Å². The van der Waals surface area contributed by atoms with E-state index >= 15 is 0 Å². The first-order chi connectivity index (χ1) is 11.6. The Morgan fingerprint density at radius 2 is 1.92 bits per heavy atom. The number of rotatable bonds is 3. The standard InChI is InChI=1S/C19H20N2O3/c1-12-9-16(14-3-2-4-14)24-19(23)17(12)18(22)21-10-15(11-21)13-5-7-20-8-6-13/h5-9,14-15H,2-4,10-11H2,1H3. The summed E-state index contributed by atoms with van der Waals surface area (Å²) < 4.78 is 5.43. The van der Waals surface area contributed by atoms with Gasteiger partial charge in [-0.05, 0) is 49.1 Å². The summed E-state index contributed by atoms with van der Waals surface area (Å²) in [6.07, 6.45) is 6.83. The second kappa shape index (κ2) is 5.89. The Bertz CT molecular complexity index is 818. The van der Waals surface area contributed by atoms with E-state index in [4.69, 9.17) is 4.42 Å². The monoisotopic (exact) mass is 324 g/mol. The number of carbonyl (C=O) groups excluding carboxylic acids is 1. The summed E-state index contributed by atoms with van der Waals surface area (Å²) in [5.41, 5.74) is 1.60. The summed E-state index contributed by atoms with van der Waals surface area (Å²) in [6, 6.07) is 5.82. The normalized spacial score (nSPS) is 18.1. The van der Waals surface area contributed by atoms with Gasteiger partial charge in [-0.25, -0.2) is 4.79 Å². The highest BCUT2D eigenvalue weighted by Gasteiger charge is 2.34. The lowest BCUT2D eigenvalue weighted by Gasteiger charge is -2.39. The second-order valence-electron chi connectivity index (χ2n) is 6.81. The van der Waals surface area contributed by atoms with E-state index in [1.165, 1.54) is 12.0 Å². The van der Waals surface area contributed by atoms with Crippen LogP contribution in [0.4, 0.5) is 0 Å². The molecule has 0 spiro atoms. The SMILES string of the molecule is Cc1cc(C2CCC2)oc(=O)c1C(=O)N1CC(c2ccncc2)C1. The quantitative estimate of drug-likeness (QED) is 0.871. The van der Waals surface area contributed by atoms with Crippen molar-refractivity contribution < 1.29 is 9.21 Å². The molecule has 24 heavy (non-hydrogen) atoms. The number of hydrogen-bond acceptors (Lipinski definition) is 4. The van der Waals surface area contributed by atoms with E-state index in [-0.39, 0.29) is 11.5 Å². The maximum Gasteiger partial charge on any atom is 0.349 e. The van der Waals surface area contributed by atoms with E-state index in [0.29, 0.717) is 24.9 Å². The molecule has 2 aliphatic rings. The minimum Gasteiger partial charge on any atom is -0.427 e. The van der Waals surface area contributed by atoms with Crippen LogP contribution in [0, 0.1) is 6.92 Å². The van der Waals surface area contributed by atoms with Crippen LogP contribution >= 0.6 is 0 Å². The number of aryl methyl sites for hydroxylation is 1. The molecular weight excluding hydrogens is 304 g/mol. The highest BCUT2D eigenvalue weighted by Crippen LogP contribution is 2.36. The first-order valence-electron chi connectivity index (χ1n) is 8.47. The number of likely N-dealkylation sites (tertiary alicyclic amines) is 1. The van der Waals surface area contributed by atoms with Crippen LogP contribution in [-0.2, 0) is 0 Å². The number of carbonyl (C=O) groups is 1. The van der Waals surface area contributed by atoms with Gasteiger partial charge in [0.25, 0.3) is 5.91 Å². The van der Waals surface area contributed by atoms with Crippen LogP contribution < -0.4 is 5.63 Å². The third-order valence-corrected chi connectivity index (χ3v) is 5.24. The van der Waals surface area contributed by atoms with Crippen LogP contribution in [0.2, 0.25) is 0 Å². The average molecular weight is 324 g/mol. The van der Waals surface area contributed by atoms with E-state index in [1.807, 2.05) is 25.1 Å². The molecule has 1 aliphatic heterocycles. The second-order valence-corrected chi connectivity index (χ2v) is 6.81. The molecule has 0 aromatic carbocycles. The van der Waals surface area contributed by atoms with E-state index < -0.39 is 5.63 Å². The minimum atomic E-state index is -0.491. The van der Waals surface area contributed by atoms with Crippen LogP contribution in [0.1, 0.15) is 58.3 Å². The summed E-state index contributed by atoms with van der Waals surface area (Å²) in [5, 5.41) is 0. The molecule has 5 heteroatoms. The van der Waals surface area contributed by atoms with Crippen molar-refractivity contribution in [2.24, 2.45) is 0 Å². The number of hydrogen-bond donors (Lipinski definition) is 0. The summed E-state index contributed by atoms with van der Waals surface area (Å²) in [5.74, 6) is 1.18. The van der Waals surface area contributed by atoms with Gasteiger partial charge in [0.2, 0.25) is 0 Å². The molecule has 0 radical (unpaired) electrons. The maximum absolute atomic E-state index is 12.7. The lowest BCUT2D eigenvalue weighted by molar-refractivity contribution is 0.0596. The zero-order chi connectivity index (χ0) is 16.7. The molecule has 1 aliphatic carbocycles. The minimum absolute atomic E-state index is 0.186. The molecule has 5 nitrogen and oxygen atoms in total. The van der Waals surface area contributed by atoms with E-state index in [0.717, 1.165) is 24.2 Å². The summed E-state index contributed by atoms with van der Waals surface area (Å²) >= 11 is 0. The van der Waals surface area contributed by atoms with Crippen molar-refractivity contribution in [3.05, 3.63) is 63.5 Å². The molecule has 0 N–H and O–H groups in total. The fourth-order valence-corrected chi connectivity index (χ4v) is 3.43. The highest BCUT2D eigenvalue weighted by atomic mass is 16.4. The fraction of sp³-hybridized carbons (Fsp3) is 0.421. The van der Waals surface area contributed by atoms with Crippen LogP contribution in [0.15, 0.2) is 39.8 Å². The predicted octanol–water partition coefficient (Wildman–Crippen LogP) is 2.85. The Labute approximate surface area is 140 Å². The molecular formula is C19H20N2O3. The third kappa shape index (κ3) is 2.54. The Morgan fingerprint density at radius 1 is 1.21 bits per heavy atom. The third-order valence-electron chi connectivity index (χ3n) is 5.24. The van der Waals surface area contributed by atoms with Crippen LogP contribution in [0.3, 0.4) is 0 Å². The Balaban J connectivity index is 1.50. The van der Waals surface area contributed by atoms with Crippen molar-refractivity contribution in [3.8, 4) is 0 Å². The molecule has 2 aromatic rings. The number of amides is 1. The van der Waals surface area contributed by atoms with Gasteiger partial charge in [-0.1, -0.05) is 6.42 Å². The highest BCUT2D eigenvalue weighted by molar-refractivity contribution is 5.95. The Kier molecular flexibility index (Phi) is 3.71. The van der Waals surface area contributed by atoms with Gasteiger partial charge in [-0.2, -0.15) is 0 Å². The van der Waals surface area contributed by atoms with Gasteiger partial charge in [0.05, 0.1) is 0 Å². The Hall–Kier alpha value is -2.43. The molecule has 0 unspecified atom stereocenters. The molecule has 2 fully saturated rings. The molecule has 0 atom stereocenters. The molecule has 2 aromatic heterocycles.